The summed E-state index contributed by atoms with van der Waals surface area (Å²) in [4.78, 5) is 44.6. The molecule has 1 amide bonds. The lowest BCUT2D eigenvalue weighted by molar-refractivity contribution is -0.132. The van der Waals surface area contributed by atoms with Crippen LogP contribution in [0.25, 0.3) is 5.76 Å². The minimum atomic E-state index is -1.05. The summed E-state index contributed by atoms with van der Waals surface area (Å²) >= 11 is 13.3. The minimum Gasteiger partial charge on any atom is -0.507 e. The van der Waals surface area contributed by atoms with E-state index in [1.54, 1.807) is 32.0 Å². The van der Waals surface area contributed by atoms with E-state index in [0.717, 1.165) is 22.5 Å². The number of carbonyl (C=O) groups is 3. The second kappa shape index (κ2) is 9.45. The van der Waals surface area contributed by atoms with Gasteiger partial charge in [-0.15, -0.1) is 0 Å². The number of Topliss-reactive ketones (excluding diaryl/α,β-unsaturated/α-hetero) is 1. The van der Waals surface area contributed by atoms with Crippen LogP contribution in [0.3, 0.4) is 0 Å². The molecule has 7 nitrogen and oxygen atoms in total. The Labute approximate surface area is 215 Å². The van der Waals surface area contributed by atoms with Crippen LogP contribution in [0.4, 0.5) is 5.13 Å². The zero-order chi connectivity index (χ0) is 25.6. The lowest BCUT2D eigenvalue weighted by Crippen LogP contribution is -2.29. The van der Waals surface area contributed by atoms with Crippen molar-refractivity contribution in [3.8, 4) is 0 Å². The predicted octanol–water partition coefficient (Wildman–Crippen LogP) is 5.79. The highest BCUT2D eigenvalue weighted by Gasteiger charge is 2.48. The molecule has 0 aliphatic carbocycles. The van der Waals surface area contributed by atoms with E-state index < -0.39 is 23.7 Å². The maximum atomic E-state index is 13.3. The van der Waals surface area contributed by atoms with Crippen molar-refractivity contribution in [2.45, 2.75) is 26.8 Å². The molecule has 180 valence electrons. The Bertz CT molecular complexity index is 1430. The number of methoxy groups -OCH3 is 1. The molecule has 1 aliphatic heterocycles. The Kier molecular flexibility index (Phi) is 6.73. The number of esters is 1. The van der Waals surface area contributed by atoms with E-state index in [4.69, 9.17) is 27.9 Å². The lowest BCUT2D eigenvalue weighted by atomic mass is 9.93. The number of aliphatic hydroxyl groups is 1. The van der Waals surface area contributed by atoms with E-state index in [1.165, 1.54) is 18.1 Å². The molecule has 1 unspecified atom stereocenters. The van der Waals surface area contributed by atoms with Gasteiger partial charge in [-0.05, 0) is 50.1 Å². The molecule has 2 heterocycles. The topological polar surface area (TPSA) is 96.8 Å². The summed E-state index contributed by atoms with van der Waals surface area (Å²) in [6.07, 6.45) is 0. The van der Waals surface area contributed by atoms with E-state index in [9.17, 15) is 19.5 Å². The van der Waals surface area contributed by atoms with Crippen LogP contribution in [-0.4, -0.2) is 34.9 Å². The third-order valence-electron chi connectivity index (χ3n) is 5.71. The van der Waals surface area contributed by atoms with Crippen molar-refractivity contribution in [2.75, 3.05) is 12.0 Å². The lowest BCUT2D eigenvalue weighted by Gasteiger charge is -2.23. The smallest absolute Gasteiger partial charge is 0.350 e. The van der Waals surface area contributed by atoms with Crippen LogP contribution < -0.4 is 4.90 Å². The van der Waals surface area contributed by atoms with Crippen LogP contribution in [0.15, 0.2) is 42.0 Å². The Morgan fingerprint density at radius 2 is 1.80 bits per heavy atom. The summed E-state index contributed by atoms with van der Waals surface area (Å²) in [5, 5.41) is 12.0. The van der Waals surface area contributed by atoms with Crippen LogP contribution in [0.1, 0.15) is 43.7 Å². The third kappa shape index (κ3) is 4.33. The number of ether oxygens (including phenoxy) is 1. The van der Waals surface area contributed by atoms with Crippen molar-refractivity contribution in [2.24, 2.45) is 0 Å². The number of anilines is 1. The zero-order valence-corrected chi connectivity index (χ0v) is 21.5. The maximum absolute atomic E-state index is 13.3. The van der Waals surface area contributed by atoms with E-state index in [2.05, 4.69) is 4.98 Å². The third-order valence-corrected chi connectivity index (χ3v) is 7.59. The summed E-state index contributed by atoms with van der Waals surface area (Å²) in [5.74, 6) is -2.70. The Morgan fingerprint density at radius 3 is 2.46 bits per heavy atom. The van der Waals surface area contributed by atoms with Gasteiger partial charge in [-0.2, -0.15) is 0 Å². The van der Waals surface area contributed by atoms with E-state index in [0.29, 0.717) is 21.8 Å². The largest absolute Gasteiger partial charge is 0.507 e. The fraction of sp³-hybridized carbons (Fsp3) is 0.200. The van der Waals surface area contributed by atoms with Gasteiger partial charge in [-0.25, -0.2) is 9.78 Å². The van der Waals surface area contributed by atoms with Gasteiger partial charge in [0.25, 0.3) is 5.78 Å². The number of halogens is 2. The number of aromatic nitrogens is 1. The number of thiazole rings is 1. The van der Waals surface area contributed by atoms with Gasteiger partial charge in [0.1, 0.15) is 10.6 Å². The first-order chi connectivity index (χ1) is 16.5. The number of hydrogen-bond acceptors (Lipinski definition) is 7. The fourth-order valence-corrected chi connectivity index (χ4v) is 5.25. The highest BCUT2D eigenvalue weighted by atomic mass is 35.5. The summed E-state index contributed by atoms with van der Waals surface area (Å²) < 4.78 is 4.80. The van der Waals surface area contributed by atoms with Crippen molar-refractivity contribution >= 4 is 63.1 Å². The molecule has 2 aromatic carbocycles. The SMILES string of the molecule is COC(=O)c1sc(N2C(=O)C(=O)/C(=C(/O)c3cc(C)ccc3C)C2c2ccc(Cl)c(Cl)c2)nc1C. The highest BCUT2D eigenvalue weighted by Crippen LogP contribution is 2.45. The molecule has 10 heteroatoms. The number of ketones is 1. The molecule has 1 atom stereocenters. The van der Waals surface area contributed by atoms with Crippen LogP contribution >= 0.6 is 34.5 Å². The van der Waals surface area contributed by atoms with E-state index >= 15 is 0 Å². The van der Waals surface area contributed by atoms with Gasteiger partial charge in [0.2, 0.25) is 0 Å². The normalized spacial score (nSPS) is 17.2. The molecule has 0 saturated carbocycles. The molecule has 1 aliphatic rings. The molecule has 0 bridgehead atoms. The van der Waals surface area contributed by atoms with Crippen LogP contribution in [0.5, 0.6) is 0 Å². The first kappa shape index (κ1) is 24.9. The van der Waals surface area contributed by atoms with E-state index in [1.807, 2.05) is 19.1 Å². The van der Waals surface area contributed by atoms with Crippen LogP contribution in [0.2, 0.25) is 10.0 Å². The standard InChI is InChI=1S/C25H20Cl2N2O5S/c1-11-5-6-12(2)15(9-11)20(30)18-19(14-7-8-16(26)17(27)10-14)29(23(32)21(18)31)25-28-13(3)22(35-25)24(33)34-4/h5-10,19,30H,1-4H3/b20-18+. The number of nitrogens with zero attached hydrogens (tertiary/aromatic N) is 2. The van der Waals surface area contributed by atoms with Gasteiger partial charge in [0, 0.05) is 5.56 Å². The van der Waals surface area contributed by atoms with Gasteiger partial charge >= 0.3 is 11.9 Å². The number of benzene rings is 2. The number of amides is 1. The summed E-state index contributed by atoms with van der Waals surface area (Å²) in [5.41, 5.74) is 2.70. The fourth-order valence-electron chi connectivity index (χ4n) is 3.93. The highest BCUT2D eigenvalue weighted by molar-refractivity contribution is 7.17. The second-order valence-corrected chi connectivity index (χ2v) is 9.86. The molecule has 1 fully saturated rings. The van der Waals surface area contributed by atoms with Crippen LogP contribution in [-0.2, 0) is 14.3 Å². The van der Waals surface area contributed by atoms with Crippen molar-refractivity contribution in [3.63, 3.8) is 0 Å². The molecule has 1 N–H and O–H groups in total. The van der Waals surface area contributed by atoms with Gasteiger partial charge in [0.15, 0.2) is 5.13 Å². The molecular weight excluding hydrogens is 511 g/mol. The number of rotatable bonds is 4. The van der Waals surface area contributed by atoms with Crippen molar-refractivity contribution in [1.29, 1.82) is 0 Å². The summed E-state index contributed by atoms with van der Waals surface area (Å²) in [6.45, 7) is 5.26. The zero-order valence-electron chi connectivity index (χ0n) is 19.2. The monoisotopic (exact) mass is 530 g/mol. The van der Waals surface area contributed by atoms with Crippen molar-refractivity contribution in [3.05, 3.63) is 84.8 Å². The average Bonchev–Trinajstić information content (AvgIpc) is 3.33. The number of carbonyl (C=O) groups excluding carboxylic acids is 3. The van der Waals surface area contributed by atoms with Gasteiger partial charge in [-0.3, -0.25) is 14.5 Å². The molecular formula is C25H20Cl2N2O5S. The number of aliphatic hydroxyl groups excluding tert-OH is 1. The molecule has 0 radical (unpaired) electrons. The molecule has 0 spiro atoms. The van der Waals surface area contributed by atoms with Gasteiger partial charge < -0.3 is 9.84 Å². The Morgan fingerprint density at radius 1 is 1.09 bits per heavy atom. The van der Waals surface area contributed by atoms with E-state index in [-0.39, 0.29) is 26.4 Å². The summed E-state index contributed by atoms with van der Waals surface area (Å²) in [6, 6.07) is 9.09. The first-order valence-electron chi connectivity index (χ1n) is 10.4. The van der Waals surface area contributed by atoms with Crippen molar-refractivity contribution in [1.82, 2.24) is 4.98 Å². The summed E-state index contributed by atoms with van der Waals surface area (Å²) in [7, 11) is 1.24. The van der Waals surface area contributed by atoms with Gasteiger partial charge in [0.05, 0.1) is 34.5 Å². The number of hydrogen-bond donors (Lipinski definition) is 1. The van der Waals surface area contributed by atoms with Crippen molar-refractivity contribution < 1.29 is 24.2 Å². The van der Waals surface area contributed by atoms with Gasteiger partial charge in [-0.1, -0.05) is 58.3 Å². The number of aryl methyl sites for hydroxylation is 3. The maximum Gasteiger partial charge on any atom is 0.350 e. The average molecular weight is 531 g/mol. The molecule has 4 rings (SSSR count). The molecule has 1 saturated heterocycles. The molecule has 3 aromatic rings. The quantitative estimate of drug-likeness (QED) is 0.198. The predicted molar refractivity (Wildman–Crippen MR) is 135 cm³/mol. The molecule has 35 heavy (non-hydrogen) atoms. The Hall–Kier alpha value is -3.20. The second-order valence-electron chi connectivity index (χ2n) is 8.06. The first-order valence-corrected chi connectivity index (χ1v) is 12.0. The minimum absolute atomic E-state index is 0.112. The van der Waals surface area contributed by atoms with Crippen LogP contribution in [0, 0.1) is 20.8 Å². The Balaban J connectivity index is 1.99. The molecule has 1 aromatic heterocycles.